The third kappa shape index (κ3) is 2.57. The zero-order chi connectivity index (χ0) is 12.3. The first kappa shape index (κ1) is 12.3. The van der Waals surface area contributed by atoms with Gasteiger partial charge in [0.15, 0.2) is 0 Å². The molecule has 0 bridgehead atoms. The monoisotopic (exact) mass is 238 g/mol. The first-order valence-electron chi connectivity index (χ1n) is 6.03. The molecular weight excluding hydrogens is 219 g/mol. The third-order valence-electron chi connectivity index (χ3n) is 3.58. The van der Waals surface area contributed by atoms with Crippen molar-refractivity contribution in [2.24, 2.45) is 5.92 Å². The van der Waals surface area contributed by atoms with Crippen LogP contribution in [0.3, 0.4) is 0 Å². The zero-order valence-electron chi connectivity index (χ0n) is 10.4. The smallest absolute Gasteiger partial charge is 0.138 e. The molecule has 0 saturated carbocycles. The Morgan fingerprint density at radius 3 is 3.00 bits per heavy atom. The first-order chi connectivity index (χ1) is 8.14. The van der Waals surface area contributed by atoms with Crippen LogP contribution in [0.15, 0.2) is 18.5 Å². The van der Waals surface area contributed by atoms with E-state index in [9.17, 15) is 4.39 Å². The molecule has 1 aromatic rings. The summed E-state index contributed by atoms with van der Waals surface area (Å²) in [6.45, 7) is 3.36. The number of alkyl halides is 1. The van der Waals surface area contributed by atoms with Crippen molar-refractivity contribution in [1.29, 1.82) is 0 Å². The van der Waals surface area contributed by atoms with Crippen LogP contribution in [-0.4, -0.2) is 25.2 Å². The highest BCUT2D eigenvalue weighted by molar-refractivity contribution is 5.28. The summed E-state index contributed by atoms with van der Waals surface area (Å²) in [7, 11) is 1.57. The summed E-state index contributed by atoms with van der Waals surface area (Å²) >= 11 is 0. The van der Waals surface area contributed by atoms with Crippen molar-refractivity contribution in [3.8, 4) is 5.75 Å². The lowest BCUT2D eigenvalue weighted by molar-refractivity contribution is 0.0805. The van der Waals surface area contributed by atoms with Gasteiger partial charge in [0, 0.05) is 24.2 Å². The molecule has 1 aliphatic heterocycles. The number of hydrogen-bond donors (Lipinski definition) is 1. The van der Waals surface area contributed by atoms with Crippen molar-refractivity contribution in [3.63, 3.8) is 0 Å². The minimum Gasteiger partial charge on any atom is -0.495 e. The van der Waals surface area contributed by atoms with Gasteiger partial charge in [-0.05, 0) is 32.4 Å². The number of halogens is 1. The van der Waals surface area contributed by atoms with Gasteiger partial charge < -0.3 is 10.1 Å². The number of aromatic nitrogens is 1. The zero-order valence-corrected chi connectivity index (χ0v) is 10.4. The van der Waals surface area contributed by atoms with Crippen molar-refractivity contribution >= 4 is 0 Å². The van der Waals surface area contributed by atoms with E-state index in [1.807, 2.05) is 0 Å². The lowest BCUT2D eigenvalue weighted by atomic mass is 9.81. The minimum absolute atomic E-state index is 0.00477. The summed E-state index contributed by atoms with van der Waals surface area (Å²) in [6, 6.07) is 1.74. The molecule has 0 amide bonds. The molecule has 1 N–H and O–H groups in total. The summed E-state index contributed by atoms with van der Waals surface area (Å²) in [5.74, 6) is 0.611. The lowest BCUT2D eigenvalue weighted by Gasteiger charge is -2.34. The second-order valence-electron chi connectivity index (χ2n) is 4.73. The van der Waals surface area contributed by atoms with Crippen LogP contribution in [0, 0.1) is 5.92 Å². The predicted molar refractivity (Wildman–Crippen MR) is 64.8 cm³/mol. The number of pyridine rings is 1. The average molecular weight is 238 g/mol. The summed E-state index contributed by atoms with van der Waals surface area (Å²) in [6.07, 6.45) is 5.13. The quantitative estimate of drug-likeness (QED) is 0.877. The van der Waals surface area contributed by atoms with Crippen LogP contribution in [-0.2, 0) is 5.67 Å². The second kappa shape index (κ2) is 5.00. The Labute approximate surface area is 101 Å². The Morgan fingerprint density at radius 1 is 1.53 bits per heavy atom. The van der Waals surface area contributed by atoms with Gasteiger partial charge in [-0.1, -0.05) is 0 Å². The Hall–Kier alpha value is -1.16. The Bertz CT molecular complexity index is 375. The molecule has 0 aromatic carbocycles. The van der Waals surface area contributed by atoms with Gasteiger partial charge in [-0.2, -0.15) is 0 Å². The van der Waals surface area contributed by atoms with Crippen LogP contribution in [0.4, 0.5) is 4.39 Å². The van der Waals surface area contributed by atoms with E-state index in [-0.39, 0.29) is 5.92 Å². The molecule has 2 atom stereocenters. The van der Waals surface area contributed by atoms with Gasteiger partial charge in [0.25, 0.3) is 0 Å². The molecule has 2 rings (SSSR count). The van der Waals surface area contributed by atoms with Gasteiger partial charge in [0.05, 0.1) is 13.3 Å². The van der Waals surface area contributed by atoms with Crippen LogP contribution in [0.5, 0.6) is 5.75 Å². The molecule has 1 saturated heterocycles. The van der Waals surface area contributed by atoms with Crippen molar-refractivity contribution in [2.75, 3.05) is 20.2 Å². The third-order valence-corrected chi connectivity index (χ3v) is 3.58. The summed E-state index contributed by atoms with van der Waals surface area (Å²) in [5.41, 5.74) is -0.750. The summed E-state index contributed by atoms with van der Waals surface area (Å²) in [4.78, 5) is 4.03. The molecule has 94 valence electrons. The lowest BCUT2D eigenvalue weighted by Crippen LogP contribution is -2.40. The molecule has 1 aliphatic rings. The van der Waals surface area contributed by atoms with Gasteiger partial charge in [0.2, 0.25) is 0 Å². The first-order valence-corrected chi connectivity index (χ1v) is 6.03. The van der Waals surface area contributed by atoms with Crippen molar-refractivity contribution in [1.82, 2.24) is 10.3 Å². The molecule has 2 heterocycles. The molecule has 0 aliphatic carbocycles. The van der Waals surface area contributed by atoms with E-state index in [2.05, 4.69) is 10.3 Å². The molecule has 2 unspecified atom stereocenters. The van der Waals surface area contributed by atoms with Crippen LogP contribution >= 0.6 is 0 Å². The van der Waals surface area contributed by atoms with Crippen LogP contribution in [0.2, 0.25) is 0 Å². The van der Waals surface area contributed by atoms with Crippen molar-refractivity contribution in [3.05, 3.63) is 24.0 Å². The fraction of sp³-hybridized carbons (Fsp3) is 0.615. The average Bonchev–Trinajstić information content (AvgIpc) is 2.40. The molecule has 1 aromatic heterocycles. The maximum atomic E-state index is 14.9. The highest BCUT2D eigenvalue weighted by Gasteiger charge is 2.37. The number of rotatable bonds is 3. The summed E-state index contributed by atoms with van der Waals surface area (Å²) in [5, 5.41) is 3.25. The van der Waals surface area contributed by atoms with E-state index in [1.54, 1.807) is 32.5 Å². The van der Waals surface area contributed by atoms with E-state index < -0.39 is 5.67 Å². The standard InChI is InChI=1S/C13H19FN2O/c1-13(14,10-4-3-5-15-7-10)11-6-12(17-2)9-16-8-11/h6,8-10,15H,3-5,7H2,1-2H3. The molecule has 17 heavy (non-hydrogen) atoms. The number of methoxy groups -OCH3 is 1. The topological polar surface area (TPSA) is 34.1 Å². The van der Waals surface area contributed by atoms with Gasteiger partial charge >= 0.3 is 0 Å². The molecule has 0 radical (unpaired) electrons. The van der Waals surface area contributed by atoms with E-state index in [0.717, 1.165) is 25.9 Å². The van der Waals surface area contributed by atoms with Crippen LogP contribution < -0.4 is 10.1 Å². The number of piperidine rings is 1. The Balaban J connectivity index is 2.22. The highest BCUT2D eigenvalue weighted by Crippen LogP contribution is 2.37. The van der Waals surface area contributed by atoms with E-state index >= 15 is 0 Å². The SMILES string of the molecule is COc1cncc(C(C)(F)C2CCCNC2)c1. The van der Waals surface area contributed by atoms with Gasteiger partial charge in [0.1, 0.15) is 11.4 Å². The van der Waals surface area contributed by atoms with Gasteiger partial charge in [-0.25, -0.2) is 4.39 Å². The van der Waals surface area contributed by atoms with Crippen LogP contribution in [0.1, 0.15) is 25.3 Å². The van der Waals surface area contributed by atoms with Crippen molar-refractivity contribution in [2.45, 2.75) is 25.4 Å². The highest BCUT2D eigenvalue weighted by atomic mass is 19.1. The number of nitrogens with one attached hydrogen (secondary N) is 1. The van der Waals surface area contributed by atoms with E-state index in [4.69, 9.17) is 4.74 Å². The predicted octanol–water partition coefficient (Wildman–Crippen LogP) is 2.27. The summed E-state index contributed by atoms with van der Waals surface area (Å²) < 4.78 is 20.0. The fourth-order valence-electron chi connectivity index (χ4n) is 2.35. The fourth-order valence-corrected chi connectivity index (χ4v) is 2.35. The van der Waals surface area contributed by atoms with Gasteiger partial charge in [-0.3, -0.25) is 4.98 Å². The Morgan fingerprint density at radius 2 is 2.35 bits per heavy atom. The number of ether oxygens (including phenoxy) is 1. The number of hydrogen-bond acceptors (Lipinski definition) is 3. The molecule has 1 fully saturated rings. The number of nitrogens with zero attached hydrogens (tertiary/aromatic N) is 1. The largest absolute Gasteiger partial charge is 0.495 e. The maximum absolute atomic E-state index is 14.9. The van der Waals surface area contributed by atoms with E-state index in [1.165, 1.54) is 0 Å². The maximum Gasteiger partial charge on any atom is 0.138 e. The molecular formula is C13H19FN2O. The molecule has 3 nitrogen and oxygen atoms in total. The van der Waals surface area contributed by atoms with Crippen molar-refractivity contribution < 1.29 is 9.13 Å². The second-order valence-corrected chi connectivity index (χ2v) is 4.73. The van der Waals surface area contributed by atoms with E-state index in [0.29, 0.717) is 11.3 Å². The molecule has 0 spiro atoms. The normalized spacial score (nSPS) is 24.1. The Kier molecular flexibility index (Phi) is 3.62. The minimum atomic E-state index is -1.35. The molecule has 4 heteroatoms. The van der Waals surface area contributed by atoms with Gasteiger partial charge in [-0.15, -0.1) is 0 Å². The van der Waals surface area contributed by atoms with Crippen LogP contribution in [0.25, 0.3) is 0 Å².